The number of nitro groups is 1. The largest absolute Gasteiger partial charge is 0.343 e. The van der Waals surface area contributed by atoms with Crippen LogP contribution in [0.15, 0.2) is 53.3 Å². The van der Waals surface area contributed by atoms with Gasteiger partial charge in [-0.2, -0.15) is 10.1 Å². The van der Waals surface area contributed by atoms with Crippen LogP contribution in [0.25, 0.3) is 33.7 Å². The van der Waals surface area contributed by atoms with Crippen LogP contribution in [0, 0.1) is 10.1 Å². The molecule has 5 aromatic rings. The Kier molecular flexibility index (Phi) is 8.73. The normalized spacial score (nSPS) is 11.9. The maximum Gasteiger partial charge on any atom is 0.315 e. The monoisotopic (exact) mass is 627 g/mol. The molecule has 0 atom stereocenters. The van der Waals surface area contributed by atoms with Gasteiger partial charge in [0, 0.05) is 54.7 Å². The maximum absolute atomic E-state index is 12.6. The molecule has 4 heterocycles. The van der Waals surface area contributed by atoms with Gasteiger partial charge in [-0.25, -0.2) is 9.97 Å². The van der Waals surface area contributed by atoms with Gasteiger partial charge in [0.15, 0.2) is 17.3 Å². The number of carbonyl (C=O) groups excluding carboxylic acids is 2. The van der Waals surface area contributed by atoms with E-state index in [-0.39, 0.29) is 29.6 Å². The van der Waals surface area contributed by atoms with Crippen molar-refractivity contribution < 1.29 is 19.0 Å². The summed E-state index contributed by atoms with van der Waals surface area (Å²) in [6, 6.07) is 6.43. The van der Waals surface area contributed by atoms with Crippen molar-refractivity contribution in [2.24, 2.45) is 7.05 Å². The average molecular weight is 628 g/mol. The van der Waals surface area contributed by atoms with E-state index >= 15 is 0 Å². The van der Waals surface area contributed by atoms with Crippen molar-refractivity contribution in [2.75, 3.05) is 26.0 Å². The van der Waals surface area contributed by atoms with Crippen molar-refractivity contribution >= 4 is 34.5 Å². The van der Waals surface area contributed by atoms with E-state index in [1.807, 2.05) is 39.8 Å². The van der Waals surface area contributed by atoms with E-state index in [4.69, 9.17) is 4.52 Å². The van der Waals surface area contributed by atoms with Crippen LogP contribution in [0.3, 0.4) is 0 Å². The van der Waals surface area contributed by atoms with Gasteiger partial charge in [-0.3, -0.25) is 24.4 Å². The van der Waals surface area contributed by atoms with Crippen LogP contribution in [0.1, 0.15) is 42.8 Å². The van der Waals surface area contributed by atoms with Crippen LogP contribution >= 0.6 is 0 Å². The second kappa shape index (κ2) is 12.7. The number of H-pyrrole nitrogens is 1. The van der Waals surface area contributed by atoms with Gasteiger partial charge < -0.3 is 25.0 Å². The van der Waals surface area contributed by atoms with Crippen LogP contribution in [-0.4, -0.2) is 77.2 Å². The lowest BCUT2D eigenvalue weighted by molar-refractivity contribution is -0.385. The van der Waals surface area contributed by atoms with Crippen LogP contribution in [-0.2, 0) is 23.8 Å². The molecule has 0 bridgehead atoms. The van der Waals surface area contributed by atoms with Crippen molar-refractivity contribution in [3.05, 3.63) is 76.2 Å². The van der Waals surface area contributed by atoms with E-state index < -0.39 is 16.2 Å². The van der Waals surface area contributed by atoms with Crippen molar-refractivity contribution in [3.63, 3.8) is 0 Å². The molecule has 4 aromatic heterocycles. The number of pyridine rings is 1. The standard InChI is InChI=1S/C30H33N11O5/c1-30(2,3)29-36-28(46-38-29)27(43)32-15-18-10-9-17(14-21(18)41(44)45)19-11-12-31-26-23(19)34-24(35-26)20-16-40(6)37-25(20)33-22(42)8-7-13-39(4)5/h7-12,14,16H,13,15H2,1-6H3,(H,32,43)(H,31,34,35)(H,33,37,42)/b8-7+. The molecular weight excluding hydrogens is 594 g/mol. The lowest BCUT2D eigenvalue weighted by Gasteiger charge is -2.10. The Morgan fingerprint density at radius 3 is 2.65 bits per heavy atom. The number of anilines is 1. The first-order valence-corrected chi connectivity index (χ1v) is 14.2. The number of nitrogens with zero attached hydrogens (tertiary/aromatic N) is 8. The van der Waals surface area contributed by atoms with Crippen LogP contribution in [0.2, 0.25) is 0 Å². The summed E-state index contributed by atoms with van der Waals surface area (Å²) in [6.45, 7) is 6.12. The molecule has 0 aliphatic rings. The minimum absolute atomic E-state index is 0.136. The SMILES string of the molecule is CN(C)C/C=C/C(=O)Nc1nn(C)cc1-c1nc2nccc(-c3ccc(CNC(=O)c4nc(C(C)(C)C)no4)c([N+](=O)[O-])c3)c2[nH]1. The van der Waals surface area contributed by atoms with Gasteiger partial charge >= 0.3 is 11.8 Å². The number of hydrogen-bond acceptors (Lipinski definition) is 11. The number of rotatable bonds is 10. The fraction of sp³-hybridized carbons (Fsp3) is 0.300. The average Bonchev–Trinajstić information content (AvgIpc) is 3.73. The van der Waals surface area contributed by atoms with Crippen molar-refractivity contribution in [1.29, 1.82) is 0 Å². The Morgan fingerprint density at radius 2 is 1.96 bits per heavy atom. The second-order valence-corrected chi connectivity index (χ2v) is 11.8. The summed E-state index contributed by atoms with van der Waals surface area (Å²) in [5.41, 5.74) is 2.26. The molecule has 238 valence electrons. The number of aryl methyl sites for hydroxylation is 1. The van der Waals surface area contributed by atoms with Gasteiger partial charge in [-0.15, -0.1) is 0 Å². The molecule has 1 aromatic carbocycles. The van der Waals surface area contributed by atoms with Crippen molar-refractivity contribution in [1.82, 2.24) is 45.1 Å². The van der Waals surface area contributed by atoms with Gasteiger partial charge in [0.1, 0.15) is 5.82 Å². The zero-order chi connectivity index (χ0) is 33.2. The Hall–Kier alpha value is -5.77. The Bertz CT molecular complexity index is 1960. The number of nitro benzene ring substituents is 1. The first kappa shape index (κ1) is 31.6. The number of likely N-dealkylation sites (N-methyl/N-ethyl adjacent to an activating group) is 1. The molecule has 46 heavy (non-hydrogen) atoms. The molecular formula is C30H33N11O5. The number of hydrogen-bond donors (Lipinski definition) is 3. The van der Waals surface area contributed by atoms with Crippen molar-refractivity contribution in [2.45, 2.75) is 32.7 Å². The first-order valence-electron chi connectivity index (χ1n) is 14.2. The zero-order valence-corrected chi connectivity index (χ0v) is 26.2. The first-order chi connectivity index (χ1) is 21.8. The molecule has 5 rings (SSSR count). The molecule has 3 N–H and O–H groups in total. The molecule has 0 unspecified atom stereocenters. The molecule has 0 radical (unpaired) electrons. The molecule has 0 aliphatic carbocycles. The smallest absolute Gasteiger partial charge is 0.315 e. The second-order valence-electron chi connectivity index (χ2n) is 11.8. The maximum atomic E-state index is 12.6. The fourth-order valence-corrected chi connectivity index (χ4v) is 4.48. The van der Waals surface area contributed by atoms with E-state index in [0.29, 0.717) is 51.9 Å². The van der Waals surface area contributed by atoms with Crippen LogP contribution in [0.5, 0.6) is 0 Å². The summed E-state index contributed by atoms with van der Waals surface area (Å²) in [5.74, 6) is -0.129. The molecule has 0 aliphatic heterocycles. The van der Waals surface area contributed by atoms with Crippen LogP contribution < -0.4 is 10.6 Å². The van der Waals surface area contributed by atoms with Crippen LogP contribution in [0.4, 0.5) is 11.5 Å². The van der Waals surface area contributed by atoms with Gasteiger partial charge in [0.2, 0.25) is 5.91 Å². The zero-order valence-electron chi connectivity index (χ0n) is 26.2. The van der Waals surface area contributed by atoms with E-state index in [2.05, 4.69) is 40.8 Å². The summed E-state index contributed by atoms with van der Waals surface area (Å²) in [5, 5.41) is 25.7. The van der Waals surface area contributed by atoms with E-state index in [1.165, 1.54) is 12.1 Å². The molecule has 0 saturated carbocycles. The van der Waals surface area contributed by atoms with Gasteiger partial charge in [-0.1, -0.05) is 38.1 Å². The number of imidazole rings is 1. The third-order valence-electron chi connectivity index (χ3n) is 6.78. The third kappa shape index (κ3) is 6.96. The lowest BCUT2D eigenvalue weighted by Crippen LogP contribution is -2.24. The molecule has 2 amide bonds. The number of amides is 2. The minimum Gasteiger partial charge on any atom is -0.343 e. The lowest BCUT2D eigenvalue weighted by atomic mass is 9.96. The highest BCUT2D eigenvalue weighted by atomic mass is 16.6. The van der Waals surface area contributed by atoms with Gasteiger partial charge in [-0.05, 0) is 31.8 Å². The van der Waals surface area contributed by atoms with Gasteiger partial charge in [0.25, 0.3) is 5.69 Å². The fourth-order valence-electron chi connectivity index (χ4n) is 4.48. The number of benzene rings is 1. The molecule has 0 saturated heterocycles. The molecule has 0 fully saturated rings. The highest BCUT2D eigenvalue weighted by Crippen LogP contribution is 2.33. The Morgan fingerprint density at radius 1 is 1.17 bits per heavy atom. The van der Waals surface area contributed by atoms with E-state index in [1.54, 1.807) is 48.4 Å². The molecule has 16 nitrogen and oxygen atoms in total. The summed E-state index contributed by atoms with van der Waals surface area (Å²) in [7, 11) is 5.52. The topological polar surface area (TPSA) is 203 Å². The summed E-state index contributed by atoms with van der Waals surface area (Å²) < 4.78 is 6.62. The predicted octanol–water partition coefficient (Wildman–Crippen LogP) is 3.60. The van der Waals surface area contributed by atoms with Crippen molar-refractivity contribution in [3.8, 4) is 22.5 Å². The Labute approximate surface area is 263 Å². The number of nitrogens with one attached hydrogen (secondary N) is 3. The molecule has 0 spiro atoms. The van der Waals surface area contributed by atoms with E-state index in [9.17, 15) is 19.7 Å². The predicted molar refractivity (Wildman–Crippen MR) is 169 cm³/mol. The number of carbonyl (C=O) groups is 2. The number of fused-ring (bicyclic) bond motifs is 1. The summed E-state index contributed by atoms with van der Waals surface area (Å²) in [6.07, 6.45) is 6.44. The van der Waals surface area contributed by atoms with Gasteiger partial charge in [0.05, 0.1) is 22.5 Å². The molecule has 16 heteroatoms. The van der Waals surface area contributed by atoms with E-state index in [0.717, 1.165) is 0 Å². The summed E-state index contributed by atoms with van der Waals surface area (Å²) in [4.78, 5) is 55.0. The third-order valence-corrected chi connectivity index (χ3v) is 6.78. The highest BCUT2D eigenvalue weighted by Gasteiger charge is 2.25. The highest BCUT2D eigenvalue weighted by molar-refractivity contribution is 6.01. The Balaban J connectivity index is 1.40. The minimum atomic E-state index is -0.641. The number of aromatic amines is 1. The quantitative estimate of drug-likeness (QED) is 0.116. The summed E-state index contributed by atoms with van der Waals surface area (Å²) >= 11 is 0. The number of aromatic nitrogens is 7.